The molecule has 1 aromatic heterocycles. The lowest BCUT2D eigenvalue weighted by atomic mass is 10.1. The van der Waals surface area contributed by atoms with Crippen LogP contribution in [0.4, 0.5) is 0 Å². The molecule has 0 atom stereocenters. The van der Waals surface area contributed by atoms with Crippen LogP contribution in [0.1, 0.15) is 38.7 Å². The maximum absolute atomic E-state index is 4.29. The van der Waals surface area contributed by atoms with Gasteiger partial charge in [0.2, 0.25) is 0 Å². The van der Waals surface area contributed by atoms with Crippen LogP contribution in [-0.2, 0) is 13.0 Å². The summed E-state index contributed by atoms with van der Waals surface area (Å²) in [4.78, 5) is 0. The highest BCUT2D eigenvalue weighted by molar-refractivity contribution is 5.15. The third-order valence-corrected chi connectivity index (χ3v) is 3.14. The highest BCUT2D eigenvalue weighted by atomic mass is 15.3. The Hall–Kier alpha value is -1.09. The molecule has 0 aliphatic heterocycles. The van der Waals surface area contributed by atoms with Crippen LogP contribution in [0.15, 0.2) is 24.0 Å². The van der Waals surface area contributed by atoms with Crippen molar-refractivity contribution in [1.29, 1.82) is 0 Å². The average molecular weight is 233 g/mol. The van der Waals surface area contributed by atoms with Crippen LogP contribution in [0.2, 0.25) is 0 Å². The second-order valence-corrected chi connectivity index (χ2v) is 4.95. The molecule has 1 aliphatic rings. The highest BCUT2D eigenvalue weighted by Crippen LogP contribution is 2.18. The van der Waals surface area contributed by atoms with E-state index in [2.05, 4.69) is 36.5 Å². The van der Waals surface area contributed by atoms with E-state index in [4.69, 9.17) is 0 Å². The molecule has 0 spiro atoms. The predicted octanol–water partition coefficient (Wildman–Crippen LogP) is 2.53. The van der Waals surface area contributed by atoms with E-state index in [0.717, 1.165) is 32.0 Å². The van der Waals surface area contributed by atoms with Crippen LogP contribution < -0.4 is 5.32 Å². The van der Waals surface area contributed by atoms with Crippen LogP contribution in [0, 0.1) is 0 Å². The number of hydrogen-bond donors (Lipinski definition) is 1. The lowest BCUT2D eigenvalue weighted by Gasteiger charge is -2.01. The summed E-state index contributed by atoms with van der Waals surface area (Å²) < 4.78 is 1.98. The van der Waals surface area contributed by atoms with E-state index in [1.165, 1.54) is 24.0 Å². The lowest BCUT2D eigenvalue weighted by Crippen LogP contribution is -2.16. The number of aromatic nitrogens is 2. The normalized spacial score (nSPS) is 16.5. The van der Waals surface area contributed by atoms with Crippen molar-refractivity contribution in [2.24, 2.45) is 0 Å². The Morgan fingerprint density at radius 1 is 1.59 bits per heavy atom. The molecule has 0 aromatic carbocycles. The number of nitrogens with one attached hydrogen (secondary N) is 1. The molecule has 3 heteroatoms. The molecule has 1 saturated carbocycles. The molecule has 2 rings (SSSR count). The number of aryl methyl sites for hydroxylation is 1. The molecule has 0 radical (unpaired) electrons. The molecular formula is C14H23N3. The van der Waals surface area contributed by atoms with E-state index in [0.29, 0.717) is 0 Å². The Balaban J connectivity index is 1.70. The molecule has 1 N–H and O–H groups in total. The van der Waals surface area contributed by atoms with Crippen molar-refractivity contribution in [2.45, 2.75) is 52.1 Å². The van der Waals surface area contributed by atoms with Gasteiger partial charge in [0.25, 0.3) is 0 Å². The Morgan fingerprint density at radius 2 is 2.41 bits per heavy atom. The van der Waals surface area contributed by atoms with Crippen LogP contribution >= 0.6 is 0 Å². The molecule has 1 heterocycles. The summed E-state index contributed by atoms with van der Waals surface area (Å²) in [7, 11) is 0. The quantitative estimate of drug-likeness (QED) is 0.579. The topological polar surface area (TPSA) is 29.9 Å². The zero-order valence-electron chi connectivity index (χ0n) is 10.9. The van der Waals surface area contributed by atoms with E-state index >= 15 is 0 Å². The Morgan fingerprint density at radius 3 is 3.06 bits per heavy atom. The third kappa shape index (κ3) is 4.35. The highest BCUT2D eigenvalue weighted by Gasteiger charge is 2.19. The molecule has 1 aromatic rings. The van der Waals surface area contributed by atoms with Gasteiger partial charge in [-0.25, -0.2) is 0 Å². The Kier molecular flexibility index (Phi) is 4.37. The minimum Gasteiger partial charge on any atom is -0.314 e. The first kappa shape index (κ1) is 12.4. The molecule has 1 aliphatic carbocycles. The first-order valence-electron chi connectivity index (χ1n) is 6.68. The molecule has 0 unspecified atom stereocenters. The van der Waals surface area contributed by atoms with Gasteiger partial charge in [0.1, 0.15) is 0 Å². The monoisotopic (exact) mass is 233 g/mol. The molecule has 0 amide bonds. The number of allylic oxidation sites excluding steroid dienone is 1. The standard InChI is InChI=1S/C14H23N3/c1-3-17-11-13(10-16-17)9-12(2)5-4-8-15-14-6-7-14/h5,10-11,14-15H,3-4,6-9H2,1-2H3. The largest absolute Gasteiger partial charge is 0.314 e. The number of rotatable bonds is 7. The maximum Gasteiger partial charge on any atom is 0.0525 e. The number of hydrogen-bond acceptors (Lipinski definition) is 2. The van der Waals surface area contributed by atoms with Gasteiger partial charge in [0.05, 0.1) is 6.20 Å². The Labute approximate surface area is 104 Å². The molecule has 0 bridgehead atoms. The van der Waals surface area contributed by atoms with Crippen molar-refractivity contribution in [1.82, 2.24) is 15.1 Å². The molecule has 0 saturated heterocycles. The summed E-state index contributed by atoms with van der Waals surface area (Å²) in [6.07, 6.45) is 11.4. The summed E-state index contributed by atoms with van der Waals surface area (Å²) in [6.45, 7) is 6.40. The van der Waals surface area contributed by atoms with Crippen LogP contribution in [-0.4, -0.2) is 22.4 Å². The average Bonchev–Trinajstić information content (AvgIpc) is 3.04. The van der Waals surface area contributed by atoms with Crippen molar-refractivity contribution in [3.8, 4) is 0 Å². The van der Waals surface area contributed by atoms with Gasteiger partial charge in [0.15, 0.2) is 0 Å². The minimum absolute atomic E-state index is 0.825. The molecule has 3 nitrogen and oxygen atoms in total. The molecule has 17 heavy (non-hydrogen) atoms. The fraction of sp³-hybridized carbons (Fsp3) is 0.643. The summed E-state index contributed by atoms with van der Waals surface area (Å²) in [5, 5.41) is 7.82. The maximum atomic E-state index is 4.29. The van der Waals surface area contributed by atoms with Gasteiger partial charge in [-0.3, -0.25) is 4.68 Å². The zero-order valence-corrected chi connectivity index (χ0v) is 10.9. The van der Waals surface area contributed by atoms with Crippen molar-refractivity contribution in [3.63, 3.8) is 0 Å². The van der Waals surface area contributed by atoms with Crippen molar-refractivity contribution in [3.05, 3.63) is 29.6 Å². The summed E-state index contributed by atoms with van der Waals surface area (Å²) >= 11 is 0. The van der Waals surface area contributed by atoms with E-state index in [1.54, 1.807) is 0 Å². The first-order valence-corrected chi connectivity index (χ1v) is 6.68. The minimum atomic E-state index is 0.825. The van der Waals surface area contributed by atoms with Gasteiger partial charge in [0, 0.05) is 18.8 Å². The van der Waals surface area contributed by atoms with E-state index in [9.17, 15) is 0 Å². The van der Waals surface area contributed by atoms with Gasteiger partial charge in [-0.1, -0.05) is 11.6 Å². The van der Waals surface area contributed by atoms with Gasteiger partial charge in [-0.05, 0) is 51.6 Å². The van der Waals surface area contributed by atoms with Gasteiger partial charge < -0.3 is 5.32 Å². The van der Waals surface area contributed by atoms with Gasteiger partial charge in [-0.2, -0.15) is 5.10 Å². The van der Waals surface area contributed by atoms with E-state index in [1.807, 2.05) is 10.9 Å². The van der Waals surface area contributed by atoms with E-state index < -0.39 is 0 Å². The molecular weight excluding hydrogens is 210 g/mol. The van der Waals surface area contributed by atoms with Crippen molar-refractivity contribution >= 4 is 0 Å². The van der Waals surface area contributed by atoms with Crippen LogP contribution in [0.5, 0.6) is 0 Å². The van der Waals surface area contributed by atoms with Crippen molar-refractivity contribution < 1.29 is 0 Å². The Bertz CT molecular complexity index is 375. The SMILES string of the molecule is CCn1cc(CC(C)=CCCNC2CC2)cn1. The first-order chi connectivity index (χ1) is 8.28. The fourth-order valence-electron chi connectivity index (χ4n) is 1.96. The van der Waals surface area contributed by atoms with Crippen LogP contribution in [0.3, 0.4) is 0 Å². The summed E-state index contributed by atoms with van der Waals surface area (Å²) in [6, 6.07) is 0.825. The van der Waals surface area contributed by atoms with Gasteiger partial charge in [-0.15, -0.1) is 0 Å². The summed E-state index contributed by atoms with van der Waals surface area (Å²) in [5.74, 6) is 0. The second kappa shape index (κ2) is 6.01. The van der Waals surface area contributed by atoms with E-state index in [-0.39, 0.29) is 0 Å². The fourth-order valence-corrected chi connectivity index (χ4v) is 1.96. The molecule has 94 valence electrons. The van der Waals surface area contributed by atoms with Crippen LogP contribution in [0.25, 0.3) is 0 Å². The predicted molar refractivity (Wildman–Crippen MR) is 71.0 cm³/mol. The summed E-state index contributed by atoms with van der Waals surface area (Å²) in [5.41, 5.74) is 2.76. The third-order valence-electron chi connectivity index (χ3n) is 3.14. The van der Waals surface area contributed by atoms with Crippen molar-refractivity contribution in [2.75, 3.05) is 6.54 Å². The number of nitrogens with zero attached hydrogens (tertiary/aromatic N) is 2. The lowest BCUT2D eigenvalue weighted by molar-refractivity contribution is 0.659. The molecule has 1 fully saturated rings. The second-order valence-electron chi connectivity index (χ2n) is 4.95. The van der Waals surface area contributed by atoms with Gasteiger partial charge >= 0.3 is 0 Å². The zero-order chi connectivity index (χ0) is 12.1. The smallest absolute Gasteiger partial charge is 0.0525 e.